The average molecular weight is 465 g/mol. The molecule has 0 fully saturated rings. The molecule has 0 aliphatic rings. The molecule has 6 nitrogen and oxygen atoms in total. The molecular formula is C25H18ClFN2O4. The van der Waals surface area contributed by atoms with Gasteiger partial charge in [-0.2, -0.15) is 0 Å². The lowest BCUT2D eigenvalue weighted by atomic mass is 9.96. The molecule has 0 saturated carbocycles. The largest absolute Gasteiger partial charge is 0.477 e. The average Bonchev–Trinajstić information content (AvgIpc) is 2.82. The molecule has 33 heavy (non-hydrogen) atoms. The first-order chi connectivity index (χ1) is 15.8. The van der Waals surface area contributed by atoms with Crippen molar-refractivity contribution in [1.29, 1.82) is 0 Å². The first kappa shape index (κ1) is 22.4. The Morgan fingerprint density at radius 2 is 1.79 bits per heavy atom. The maximum atomic E-state index is 14.3. The topological polar surface area (TPSA) is 102 Å². The SMILES string of the molecule is NC(C(=O)c1ccccc1)c1cc(C(=O)O)c(=O)n2cc(Cc3cccc(Cl)c3F)ccc12. The van der Waals surface area contributed by atoms with E-state index in [-0.39, 0.29) is 22.5 Å². The second-order valence-electron chi connectivity index (χ2n) is 7.51. The summed E-state index contributed by atoms with van der Waals surface area (Å²) in [5.41, 5.74) is 6.63. The number of pyridine rings is 2. The summed E-state index contributed by atoms with van der Waals surface area (Å²) in [7, 11) is 0. The molecule has 166 valence electrons. The highest BCUT2D eigenvalue weighted by Gasteiger charge is 2.24. The maximum Gasteiger partial charge on any atom is 0.341 e. The number of aromatic nitrogens is 1. The van der Waals surface area contributed by atoms with E-state index < -0.39 is 34.7 Å². The summed E-state index contributed by atoms with van der Waals surface area (Å²) in [4.78, 5) is 37.5. The Kier molecular flexibility index (Phi) is 6.09. The fraction of sp³-hybridized carbons (Fsp3) is 0.0800. The molecule has 2 aromatic heterocycles. The van der Waals surface area contributed by atoms with Crippen LogP contribution in [0.15, 0.2) is 77.7 Å². The van der Waals surface area contributed by atoms with Gasteiger partial charge in [0.1, 0.15) is 11.4 Å². The minimum Gasteiger partial charge on any atom is -0.477 e. The third kappa shape index (κ3) is 4.28. The van der Waals surface area contributed by atoms with Crippen molar-refractivity contribution in [3.63, 3.8) is 0 Å². The molecule has 1 unspecified atom stereocenters. The van der Waals surface area contributed by atoms with Crippen molar-refractivity contribution in [2.24, 2.45) is 5.73 Å². The minimum atomic E-state index is -1.44. The normalized spacial score (nSPS) is 12.0. The van der Waals surface area contributed by atoms with E-state index in [1.165, 1.54) is 12.3 Å². The van der Waals surface area contributed by atoms with E-state index in [9.17, 15) is 23.9 Å². The van der Waals surface area contributed by atoms with Gasteiger partial charge in [0.25, 0.3) is 5.56 Å². The molecule has 3 N–H and O–H groups in total. The number of aromatic carboxylic acids is 1. The number of fused-ring (bicyclic) bond motifs is 1. The van der Waals surface area contributed by atoms with Crippen molar-refractivity contribution in [3.8, 4) is 0 Å². The summed E-state index contributed by atoms with van der Waals surface area (Å²) in [5, 5.41) is 9.53. The predicted molar refractivity (Wildman–Crippen MR) is 123 cm³/mol. The van der Waals surface area contributed by atoms with Gasteiger partial charge in [-0.3, -0.25) is 14.0 Å². The molecule has 4 rings (SSSR count). The first-order valence-electron chi connectivity index (χ1n) is 9.97. The zero-order chi connectivity index (χ0) is 23.7. The van der Waals surface area contributed by atoms with Gasteiger partial charge in [0.15, 0.2) is 5.78 Å². The van der Waals surface area contributed by atoms with Crippen LogP contribution in [0.4, 0.5) is 4.39 Å². The molecule has 0 amide bonds. The molecule has 0 saturated heterocycles. The van der Waals surface area contributed by atoms with Gasteiger partial charge in [-0.05, 0) is 29.3 Å². The number of carboxylic acids is 1. The molecule has 8 heteroatoms. The van der Waals surface area contributed by atoms with E-state index >= 15 is 0 Å². The minimum absolute atomic E-state index is 0.0219. The number of carbonyl (C=O) groups excluding carboxylic acids is 1. The Morgan fingerprint density at radius 3 is 2.48 bits per heavy atom. The standard InChI is InChI=1S/C25H18ClFN2O4/c26-19-8-4-7-16(21(19)27)11-14-9-10-20-17(12-18(25(32)33)24(31)29(20)13-14)22(28)23(30)15-5-2-1-3-6-15/h1-10,12-13,22H,11,28H2,(H,32,33). The Bertz CT molecular complexity index is 1450. The number of halogens is 2. The smallest absolute Gasteiger partial charge is 0.341 e. The molecule has 2 heterocycles. The summed E-state index contributed by atoms with van der Waals surface area (Å²) in [6.07, 6.45) is 1.55. The van der Waals surface area contributed by atoms with Gasteiger partial charge in [-0.1, -0.05) is 60.1 Å². The van der Waals surface area contributed by atoms with Crippen LogP contribution in [0.25, 0.3) is 5.52 Å². The molecule has 4 aromatic rings. The quantitative estimate of drug-likeness (QED) is 0.415. The molecule has 0 radical (unpaired) electrons. The van der Waals surface area contributed by atoms with Gasteiger partial charge >= 0.3 is 5.97 Å². The Balaban J connectivity index is 1.85. The van der Waals surface area contributed by atoms with E-state index in [2.05, 4.69) is 0 Å². The number of carboxylic acid groups (broad SMARTS) is 1. The third-order valence-electron chi connectivity index (χ3n) is 5.39. The van der Waals surface area contributed by atoms with Crippen LogP contribution >= 0.6 is 11.6 Å². The lowest BCUT2D eigenvalue weighted by Gasteiger charge is -2.16. The highest BCUT2D eigenvalue weighted by Crippen LogP contribution is 2.24. The van der Waals surface area contributed by atoms with Crippen molar-refractivity contribution in [3.05, 3.63) is 122 Å². The summed E-state index contributed by atoms with van der Waals surface area (Å²) in [6.45, 7) is 0. The second kappa shape index (κ2) is 8.97. The molecule has 0 aliphatic carbocycles. The van der Waals surface area contributed by atoms with Gasteiger partial charge < -0.3 is 10.8 Å². The number of nitrogens with zero attached hydrogens (tertiary/aromatic N) is 1. The highest BCUT2D eigenvalue weighted by molar-refractivity contribution is 6.30. The van der Waals surface area contributed by atoms with Crippen LogP contribution in [0.5, 0.6) is 0 Å². The van der Waals surface area contributed by atoms with E-state index in [0.717, 1.165) is 10.5 Å². The maximum absolute atomic E-state index is 14.3. The van der Waals surface area contributed by atoms with Crippen LogP contribution in [-0.4, -0.2) is 21.3 Å². The number of hydrogen-bond donors (Lipinski definition) is 2. The Hall–Kier alpha value is -3.81. The van der Waals surface area contributed by atoms with Crippen molar-refractivity contribution < 1.29 is 19.1 Å². The fourth-order valence-corrected chi connectivity index (χ4v) is 3.90. The third-order valence-corrected chi connectivity index (χ3v) is 5.68. The number of Topliss-reactive ketones (excluding diaryl/α,β-unsaturated/α-hetero) is 1. The van der Waals surface area contributed by atoms with Crippen LogP contribution in [-0.2, 0) is 6.42 Å². The van der Waals surface area contributed by atoms with Crippen LogP contribution in [0.3, 0.4) is 0 Å². The van der Waals surface area contributed by atoms with Crippen LogP contribution in [0.1, 0.15) is 43.4 Å². The van der Waals surface area contributed by atoms with Crippen LogP contribution in [0, 0.1) is 5.82 Å². The lowest BCUT2D eigenvalue weighted by molar-refractivity contribution is 0.0694. The number of rotatable bonds is 6. The van der Waals surface area contributed by atoms with Crippen LogP contribution < -0.4 is 11.3 Å². The summed E-state index contributed by atoms with van der Waals surface area (Å²) >= 11 is 5.85. The highest BCUT2D eigenvalue weighted by atomic mass is 35.5. The zero-order valence-electron chi connectivity index (χ0n) is 17.2. The van der Waals surface area contributed by atoms with Crippen molar-refractivity contribution >= 4 is 28.9 Å². The van der Waals surface area contributed by atoms with Crippen molar-refractivity contribution in [1.82, 2.24) is 4.40 Å². The Labute approximate surface area is 192 Å². The van der Waals surface area contributed by atoms with Crippen molar-refractivity contribution in [2.75, 3.05) is 0 Å². The van der Waals surface area contributed by atoms with Gasteiger partial charge in [-0.15, -0.1) is 0 Å². The molecule has 2 aromatic carbocycles. The molecule has 0 spiro atoms. The van der Waals surface area contributed by atoms with Crippen LogP contribution in [0.2, 0.25) is 5.02 Å². The summed E-state index contributed by atoms with van der Waals surface area (Å²) in [6, 6.07) is 16.1. The molecule has 1 atom stereocenters. The number of nitrogens with two attached hydrogens (primary N) is 1. The van der Waals surface area contributed by atoms with E-state index in [1.807, 2.05) is 0 Å². The molecule has 0 aliphatic heterocycles. The van der Waals surface area contributed by atoms with E-state index in [1.54, 1.807) is 54.6 Å². The van der Waals surface area contributed by atoms with Gasteiger partial charge in [0.05, 0.1) is 16.6 Å². The Morgan fingerprint density at radius 1 is 1.06 bits per heavy atom. The monoisotopic (exact) mass is 464 g/mol. The summed E-state index contributed by atoms with van der Waals surface area (Å²) < 4.78 is 15.5. The number of carbonyl (C=O) groups is 2. The van der Waals surface area contributed by atoms with E-state index in [4.69, 9.17) is 17.3 Å². The van der Waals surface area contributed by atoms with Crippen molar-refractivity contribution in [2.45, 2.75) is 12.5 Å². The number of benzene rings is 2. The van der Waals surface area contributed by atoms with Gasteiger partial charge in [0.2, 0.25) is 0 Å². The van der Waals surface area contributed by atoms with Gasteiger partial charge in [-0.25, -0.2) is 9.18 Å². The summed E-state index contributed by atoms with van der Waals surface area (Å²) in [5.74, 6) is -2.43. The second-order valence-corrected chi connectivity index (χ2v) is 7.92. The fourth-order valence-electron chi connectivity index (χ4n) is 3.70. The lowest BCUT2D eigenvalue weighted by Crippen LogP contribution is -2.28. The van der Waals surface area contributed by atoms with E-state index in [0.29, 0.717) is 16.7 Å². The number of ketones is 1. The first-order valence-corrected chi connectivity index (χ1v) is 10.3. The zero-order valence-corrected chi connectivity index (χ0v) is 17.9. The predicted octanol–water partition coefficient (Wildman–Crippen LogP) is 4.26. The number of hydrogen-bond acceptors (Lipinski definition) is 4. The van der Waals surface area contributed by atoms with Gasteiger partial charge in [0, 0.05) is 23.7 Å². The molecular weight excluding hydrogens is 447 g/mol. The molecule has 0 bridgehead atoms.